The Morgan fingerprint density at radius 3 is 2.50 bits per heavy atom. The van der Waals surface area contributed by atoms with E-state index >= 15 is 0 Å². The van der Waals surface area contributed by atoms with Gasteiger partial charge in [-0.25, -0.2) is 0 Å². The van der Waals surface area contributed by atoms with Gasteiger partial charge in [0, 0.05) is 25.7 Å². The lowest BCUT2D eigenvalue weighted by Crippen LogP contribution is -2.41. The average molecular weight is 227 g/mol. The number of amides is 1. The summed E-state index contributed by atoms with van der Waals surface area (Å²) in [5.74, 6) is 0.814. The van der Waals surface area contributed by atoms with Crippen LogP contribution < -0.4 is 5.73 Å². The lowest BCUT2D eigenvalue weighted by atomic mass is 10.1. The summed E-state index contributed by atoms with van der Waals surface area (Å²) in [4.78, 5) is 16.1. The van der Waals surface area contributed by atoms with Crippen molar-refractivity contribution in [2.45, 2.75) is 33.2 Å². The van der Waals surface area contributed by atoms with Crippen LogP contribution in [0.5, 0.6) is 0 Å². The van der Waals surface area contributed by atoms with Gasteiger partial charge in [-0.1, -0.05) is 0 Å². The number of nitrogens with zero attached hydrogens (tertiary/aromatic N) is 2. The fourth-order valence-corrected chi connectivity index (χ4v) is 2.46. The molecule has 1 amide bonds. The average Bonchev–Trinajstić information content (AvgIpc) is 2.61. The van der Waals surface area contributed by atoms with Gasteiger partial charge in [0.2, 0.25) is 5.91 Å². The summed E-state index contributed by atoms with van der Waals surface area (Å²) in [5.41, 5.74) is 5.68. The standard InChI is InChI=1S/C12H25N3O/c1-4-14(5-2)12(16)9-15-8-11(7-13)6-10(15)3/h10-11H,4-9,13H2,1-3H3. The van der Waals surface area contributed by atoms with Gasteiger partial charge in [-0.3, -0.25) is 9.69 Å². The SMILES string of the molecule is CCN(CC)C(=O)CN1CC(CN)CC1C. The van der Waals surface area contributed by atoms with Crippen molar-refractivity contribution in [3.63, 3.8) is 0 Å². The summed E-state index contributed by atoms with van der Waals surface area (Å²) in [6.45, 7) is 10.1. The van der Waals surface area contributed by atoms with E-state index in [-0.39, 0.29) is 5.91 Å². The maximum absolute atomic E-state index is 12.0. The predicted octanol–water partition coefficient (Wildman–Crippen LogP) is 0.524. The van der Waals surface area contributed by atoms with Gasteiger partial charge in [-0.2, -0.15) is 0 Å². The van der Waals surface area contributed by atoms with Crippen LogP contribution in [0.4, 0.5) is 0 Å². The van der Waals surface area contributed by atoms with Gasteiger partial charge in [-0.15, -0.1) is 0 Å². The highest BCUT2D eigenvalue weighted by molar-refractivity contribution is 5.78. The third-order valence-corrected chi connectivity index (χ3v) is 3.58. The minimum Gasteiger partial charge on any atom is -0.342 e. The molecule has 0 saturated carbocycles. The quantitative estimate of drug-likeness (QED) is 0.745. The number of hydrogen-bond acceptors (Lipinski definition) is 3. The zero-order valence-corrected chi connectivity index (χ0v) is 10.8. The zero-order chi connectivity index (χ0) is 12.1. The molecule has 0 aromatic rings. The lowest BCUT2D eigenvalue weighted by Gasteiger charge is -2.25. The van der Waals surface area contributed by atoms with Crippen LogP contribution in [0, 0.1) is 5.92 Å². The summed E-state index contributed by atoms with van der Waals surface area (Å²) in [7, 11) is 0. The van der Waals surface area contributed by atoms with Gasteiger partial charge in [0.15, 0.2) is 0 Å². The van der Waals surface area contributed by atoms with E-state index < -0.39 is 0 Å². The molecule has 1 fully saturated rings. The van der Waals surface area contributed by atoms with Crippen LogP contribution in [-0.2, 0) is 4.79 Å². The summed E-state index contributed by atoms with van der Waals surface area (Å²) >= 11 is 0. The number of rotatable bonds is 5. The summed E-state index contributed by atoms with van der Waals surface area (Å²) in [6.07, 6.45) is 1.13. The Morgan fingerprint density at radius 1 is 1.44 bits per heavy atom. The second-order valence-corrected chi connectivity index (χ2v) is 4.68. The highest BCUT2D eigenvalue weighted by Gasteiger charge is 2.29. The Labute approximate surface area is 98.8 Å². The van der Waals surface area contributed by atoms with Crippen molar-refractivity contribution in [2.75, 3.05) is 32.7 Å². The lowest BCUT2D eigenvalue weighted by molar-refractivity contribution is -0.132. The van der Waals surface area contributed by atoms with Crippen LogP contribution in [0.15, 0.2) is 0 Å². The number of carbonyl (C=O) groups excluding carboxylic acids is 1. The minimum atomic E-state index is 0.245. The van der Waals surface area contributed by atoms with Crippen molar-refractivity contribution in [1.29, 1.82) is 0 Å². The molecule has 1 saturated heterocycles. The van der Waals surface area contributed by atoms with Gasteiger partial charge in [0.05, 0.1) is 6.54 Å². The van der Waals surface area contributed by atoms with E-state index in [0.29, 0.717) is 18.5 Å². The molecular formula is C12H25N3O. The first-order valence-corrected chi connectivity index (χ1v) is 6.34. The Morgan fingerprint density at radius 2 is 2.06 bits per heavy atom. The molecule has 0 aromatic carbocycles. The predicted molar refractivity (Wildman–Crippen MR) is 66.1 cm³/mol. The maximum Gasteiger partial charge on any atom is 0.236 e. The highest BCUT2D eigenvalue weighted by Crippen LogP contribution is 2.21. The fourth-order valence-electron chi connectivity index (χ4n) is 2.46. The van der Waals surface area contributed by atoms with E-state index in [4.69, 9.17) is 5.73 Å². The molecule has 4 heteroatoms. The largest absolute Gasteiger partial charge is 0.342 e. The molecule has 0 spiro atoms. The first-order chi connectivity index (χ1) is 7.62. The molecule has 0 bridgehead atoms. The van der Waals surface area contributed by atoms with Crippen LogP contribution >= 0.6 is 0 Å². The fraction of sp³-hybridized carbons (Fsp3) is 0.917. The van der Waals surface area contributed by atoms with E-state index in [1.165, 1.54) is 0 Å². The monoisotopic (exact) mass is 227 g/mol. The molecule has 1 aliphatic rings. The van der Waals surface area contributed by atoms with Crippen LogP contribution in [0.25, 0.3) is 0 Å². The van der Waals surface area contributed by atoms with E-state index in [2.05, 4.69) is 11.8 Å². The molecule has 16 heavy (non-hydrogen) atoms. The molecule has 0 aromatic heterocycles. The Hall–Kier alpha value is -0.610. The van der Waals surface area contributed by atoms with Gasteiger partial charge in [-0.05, 0) is 39.7 Å². The van der Waals surface area contributed by atoms with Crippen LogP contribution in [-0.4, -0.2) is 54.5 Å². The first kappa shape index (κ1) is 13.5. The van der Waals surface area contributed by atoms with Crippen molar-refractivity contribution in [3.8, 4) is 0 Å². The van der Waals surface area contributed by atoms with Crippen LogP contribution in [0.2, 0.25) is 0 Å². The number of carbonyl (C=O) groups is 1. The molecule has 2 unspecified atom stereocenters. The molecular weight excluding hydrogens is 202 g/mol. The second kappa shape index (κ2) is 6.21. The third kappa shape index (κ3) is 3.19. The Kier molecular flexibility index (Phi) is 5.22. The second-order valence-electron chi connectivity index (χ2n) is 4.68. The van der Waals surface area contributed by atoms with Crippen molar-refractivity contribution in [2.24, 2.45) is 11.7 Å². The Balaban J connectivity index is 2.45. The van der Waals surface area contributed by atoms with Crippen molar-refractivity contribution in [3.05, 3.63) is 0 Å². The van der Waals surface area contributed by atoms with Gasteiger partial charge in [0.1, 0.15) is 0 Å². The molecule has 2 atom stereocenters. The zero-order valence-electron chi connectivity index (χ0n) is 10.8. The molecule has 4 nitrogen and oxygen atoms in total. The summed E-state index contributed by atoms with van der Waals surface area (Å²) < 4.78 is 0. The Bertz CT molecular complexity index is 228. The van der Waals surface area contributed by atoms with Crippen LogP contribution in [0.1, 0.15) is 27.2 Å². The highest BCUT2D eigenvalue weighted by atomic mass is 16.2. The molecule has 0 aliphatic carbocycles. The maximum atomic E-state index is 12.0. The number of hydrogen-bond donors (Lipinski definition) is 1. The van der Waals surface area contributed by atoms with E-state index in [0.717, 1.165) is 32.6 Å². The van der Waals surface area contributed by atoms with Crippen LogP contribution in [0.3, 0.4) is 0 Å². The minimum absolute atomic E-state index is 0.245. The molecule has 1 rings (SSSR count). The normalized spacial score (nSPS) is 26.0. The topological polar surface area (TPSA) is 49.6 Å². The molecule has 1 aliphatic heterocycles. The molecule has 2 N–H and O–H groups in total. The summed E-state index contributed by atoms with van der Waals surface area (Å²) in [6, 6.07) is 0.494. The molecule has 94 valence electrons. The first-order valence-electron chi connectivity index (χ1n) is 6.34. The van der Waals surface area contributed by atoms with Gasteiger partial charge in [0.25, 0.3) is 0 Å². The smallest absolute Gasteiger partial charge is 0.236 e. The van der Waals surface area contributed by atoms with Crippen molar-refractivity contribution < 1.29 is 4.79 Å². The summed E-state index contributed by atoms with van der Waals surface area (Å²) in [5, 5.41) is 0. The number of likely N-dealkylation sites (N-methyl/N-ethyl adjacent to an activating group) is 1. The third-order valence-electron chi connectivity index (χ3n) is 3.58. The van der Waals surface area contributed by atoms with Crippen molar-refractivity contribution in [1.82, 2.24) is 9.80 Å². The van der Waals surface area contributed by atoms with Gasteiger partial charge >= 0.3 is 0 Å². The van der Waals surface area contributed by atoms with Crippen molar-refractivity contribution >= 4 is 5.91 Å². The van der Waals surface area contributed by atoms with E-state index in [9.17, 15) is 4.79 Å². The number of nitrogens with two attached hydrogens (primary N) is 1. The van der Waals surface area contributed by atoms with E-state index in [1.807, 2.05) is 18.7 Å². The molecule has 0 radical (unpaired) electrons. The van der Waals surface area contributed by atoms with E-state index in [1.54, 1.807) is 0 Å². The van der Waals surface area contributed by atoms with Gasteiger partial charge < -0.3 is 10.6 Å². The molecule has 1 heterocycles. The number of likely N-dealkylation sites (tertiary alicyclic amines) is 1.